The van der Waals surface area contributed by atoms with Gasteiger partial charge in [0.15, 0.2) is 0 Å². The maximum absolute atomic E-state index is 11.5. The van der Waals surface area contributed by atoms with Gasteiger partial charge in [0.2, 0.25) is 5.76 Å². The van der Waals surface area contributed by atoms with Crippen molar-refractivity contribution in [2.24, 2.45) is 0 Å². The van der Waals surface area contributed by atoms with E-state index in [1.807, 2.05) is 0 Å². The fourth-order valence-corrected chi connectivity index (χ4v) is 1.51. The van der Waals surface area contributed by atoms with Gasteiger partial charge in [-0.15, -0.1) is 0 Å². The van der Waals surface area contributed by atoms with Crippen LogP contribution in [0.15, 0.2) is 33.9 Å². The van der Waals surface area contributed by atoms with E-state index in [1.54, 1.807) is 13.1 Å². The number of carboxylic acid groups (broad SMARTS) is 1. The van der Waals surface area contributed by atoms with Crippen LogP contribution in [0.4, 0.5) is 0 Å². The average Bonchev–Trinajstić information content (AvgIpc) is 2.71. The minimum absolute atomic E-state index is 0.131. The third kappa shape index (κ3) is 2.25. The fraction of sp³-hybridized carbons (Fsp3) is 0.182. The summed E-state index contributed by atoms with van der Waals surface area (Å²) in [6, 6.07) is 1.53. The second kappa shape index (κ2) is 4.25. The molecule has 6 heteroatoms. The lowest BCUT2D eigenvalue weighted by molar-refractivity contribution is 0.0660. The molecule has 0 amide bonds. The first-order valence-electron chi connectivity index (χ1n) is 4.90. The second-order valence-corrected chi connectivity index (χ2v) is 3.62. The molecule has 2 rings (SSSR count). The summed E-state index contributed by atoms with van der Waals surface area (Å²) in [5.74, 6) is -1.31. The molecule has 17 heavy (non-hydrogen) atoms. The standard InChI is InChI=1S/C11H10N2O4/c1-7-4-12-11(16)13(5-7)6-8-2-3-17-9(8)10(14)15/h2-5H,6H2,1H3,(H,14,15). The van der Waals surface area contributed by atoms with Crippen molar-refractivity contribution in [3.8, 4) is 0 Å². The third-order valence-electron chi connectivity index (χ3n) is 2.27. The van der Waals surface area contributed by atoms with Crippen molar-refractivity contribution in [1.82, 2.24) is 9.55 Å². The van der Waals surface area contributed by atoms with Gasteiger partial charge in [0.05, 0.1) is 12.8 Å². The van der Waals surface area contributed by atoms with E-state index in [0.717, 1.165) is 5.56 Å². The molecule has 0 radical (unpaired) electrons. The van der Waals surface area contributed by atoms with Crippen LogP contribution < -0.4 is 5.69 Å². The normalized spacial score (nSPS) is 10.4. The summed E-state index contributed by atoms with van der Waals surface area (Å²) < 4.78 is 6.17. The van der Waals surface area contributed by atoms with Crippen LogP contribution in [0, 0.1) is 6.92 Å². The van der Waals surface area contributed by atoms with Crippen molar-refractivity contribution in [3.63, 3.8) is 0 Å². The molecule has 0 unspecified atom stereocenters. The monoisotopic (exact) mass is 234 g/mol. The Hall–Kier alpha value is -2.37. The van der Waals surface area contributed by atoms with E-state index in [9.17, 15) is 9.59 Å². The van der Waals surface area contributed by atoms with Crippen molar-refractivity contribution in [2.75, 3.05) is 0 Å². The van der Waals surface area contributed by atoms with Gasteiger partial charge >= 0.3 is 11.7 Å². The van der Waals surface area contributed by atoms with Gasteiger partial charge in [-0.2, -0.15) is 0 Å². The minimum atomic E-state index is -1.15. The van der Waals surface area contributed by atoms with Crippen molar-refractivity contribution in [3.05, 3.63) is 52.1 Å². The molecule has 0 aromatic carbocycles. The van der Waals surface area contributed by atoms with Gasteiger partial charge in [-0.3, -0.25) is 4.57 Å². The summed E-state index contributed by atoms with van der Waals surface area (Å²) >= 11 is 0. The molecule has 0 bridgehead atoms. The number of aromatic carboxylic acids is 1. The van der Waals surface area contributed by atoms with E-state index in [0.29, 0.717) is 5.56 Å². The predicted octanol–water partition coefficient (Wildman–Crippen LogP) is 0.891. The molecule has 0 aliphatic heterocycles. The Bertz CT molecular complexity index is 612. The maximum atomic E-state index is 11.5. The smallest absolute Gasteiger partial charge is 0.372 e. The summed E-state index contributed by atoms with van der Waals surface area (Å²) in [7, 11) is 0. The van der Waals surface area contributed by atoms with Crippen molar-refractivity contribution >= 4 is 5.97 Å². The lowest BCUT2D eigenvalue weighted by Gasteiger charge is -2.04. The fourth-order valence-electron chi connectivity index (χ4n) is 1.51. The molecule has 2 aromatic rings. The van der Waals surface area contributed by atoms with E-state index < -0.39 is 11.7 Å². The molecule has 0 saturated heterocycles. The van der Waals surface area contributed by atoms with E-state index in [4.69, 9.17) is 9.52 Å². The van der Waals surface area contributed by atoms with Crippen LogP contribution in [0.2, 0.25) is 0 Å². The number of aryl methyl sites for hydroxylation is 1. The van der Waals surface area contributed by atoms with Crippen LogP contribution in [-0.4, -0.2) is 20.6 Å². The number of carbonyl (C=O) groups is 1. The van der Waals surface area contributed by atoms with Crippen LogP contribution in [0.5, 0.6) is 0 Å². The highest BCUT2D eigenvalue weighted by Crippen LogP contribution is 2.11. The van der Waals surface area contributed by atoms with E-state index in [1.165, 1.54) is 23.1 Å². The quantitative estimate of drug-likeness (QED) is 0.852. The van der Waals surface area contributed by atoms with Gasteiger partial charge in [0.1, 0.15) is 0 Å². The van der Waals surface area contributed by atoms with Crippen LogP contribution in [0.1, 0.15) is 21.7 Å². The van der Waals surface area contributed by atoms with Crippen molar-refractivity contribution in [1.29, 1.82) is 0 Å². The third-order valence-corrected chi connectivity index (χ3v) is 2.27. The number of hydrogen-bond acceptors (Lipinski definition) is 4. The molecular weight excluding hydrogens is 224 g/mol. The Morgan fingerprint density at radius 1 is 1.59 bits per heavy atom. The van der Waals surface area contributed by atoms with Gasteiger partial charge in [-0.05, 0) is 18.6 Å². The molecule has 0 fully saturated rings. The minimum Gasteiger partial charge on any atom is -0.475 e. The Labute approximate surface area is 96.1 Å². The lowest BCUT2D eigenvalue weighted by atomic mass is 10.2. The molecule has 88 valence electrons. The summed E-state index contributed by atoms with van der Waals surface area (Å²) in [6.45, 7) is 1.93. The SMILES string of the molecule is Cc1cnc(=O)n(Cc2ccoc2C(=O)O)c1. The summed E-state index contributed by atoms with van der Waals surface area (Å²) in [6.07, 6.45) is 4.37. The number of rotatable bonds is 3. The van der Waals surface area contributed by atoms with Crippen LogP contribution in [0.3, 0.4) is 0 Å². The maximum Gasteiger partial charge on any atom is 0.372 e. The first-order valence-corrected chi connectivity index (χ1v) is 4.90. The van der Waals surface area contributed by atoms with Crippen molar-refractivity contribution in [2.45, 2.75) is 13.5 Å². The molecule has 0 aliphatic carbocycles. The molecule has 2 aromatic heterocycles. The first kappa shape index (κ1) is 11.1. The molecule has 0 saturated carbocycles. The molecule has 0 atom stereocenters. The Morgan fingerprint density at radius 3 is 3.06 bits per heavy atom. The number of aromatic nitrogens is 2. The lowest BCUT2D eigenvalue weighted by Crippen LogP contribution is -2.23. The molecule has 0 aliphatic rings. The predicted molar refractivity (Wildman–Crippen MR) is 58.0 cm³/mol. The van der Waals surface area contributed by atoms with E-state index in [2.05, 4.69) is 4.98 Å². The zero-order valence-electron chi connectivity index (χ0n) is 9.08. The summed E-state index contributed by atoms with van der Waals surface area (Å²) in [5.41, 5.74) is 0.838. The van der Waals surface area contributed by atoms with Gasteiger partial charge in [-0.1, -0.05) is 0 Å². The zero-order valence-corrected chi connectivity index (χ0v) is 9.08. The molecular formula is C11H10N2O4. The van der Waals surface area contributed by atoms with Gasteiger partial charge in [0.25, 0.3) is 0 Å². The highest BCUT2D eigenvalue weighted by Gasteiger charge is 2.14. The average molecular weight is 234 g/mol. The highest BCUT2D eigenvalue weighted by molar-refractivity contribution is 5.86. The summed E-state index contributed by atoms with van der Waals surface area (Å²) in [5, 5.41) is 8.86. The Morgan fingerprint density at radius 2 is 2.35 bits per heavy atom. The number of carboxylic acids is 1. The topological polar surface area (TPSA) is 85.3 Å². The second-order valence-electron chi connectivity index (χ2n) is 3.62. The van der Waals surface area contributed by atoms with Gasteiger partial charge in [0, 0.05) is 18.0 Å². The van der Waals surface area contributed by atoms with Crippen LogP contribution in [0.25, 0.3) is 0 Å². The number of furan rings is 1. The van der Waals surface area contributed by atoms with Crippen LogP contribution in [-0.2, 0) is 6.54 Å². The molecule has 2 heterocycles. The molecule has 1 N–H and O–H groups in total. The van der Waals surface area contributed by atoms with E-state index >= 15 is 0 Å². The summed E-state index contributed by atoms with van der Waals surface area (Å²) in [4.78, 5) is 25.9. The van der Waals surface area contributed by atoms with Gasteiger partial charge < -0.3 is 9.52 Å². The highest BCUT2D eigenvalue weighted by atomic mass is 16.4. The Balaban J connectivity index is 2.38. The number of hydrogen-bond donors (Lipinski definition) is 1. The Kier molecular flexibility index (Phi) is 2.78. The zero-order chi connectivity index (χ0) is 12.4. The largest absolute Gasteiger partial charge is 0.475 e. The van der Waals surface area contributed by atoms with E-state index in [-0.39, 0.29) is 12.3 Å². The van der Waals surface area contributed by atoms with Gasteiger partial charge in [-0.25, -0.2) is 14.6 Å². The van der Waals surface area contributed by atoms with Crippen molar-refractivity contribution < 1.29 is 14.3 Å². The molecule has 0 spiro atoms. The van der Waals surface area contributed by atoms with Crippen LogP contribution >= 0.6 is 0 Å². The number of nitrogens with zero attached hydrogens (tertiary/aromatic N) is 2. The molecule has 6 nitrogen and oxygen atoms in total. The first-order chi connectivity index (χ1) is 8.08.